The highest BCUT2D eigenvalue weighted by atomic mass is 35.6. The number of aromatic nitrogens is 2. The summed E-state index contributed by atoms with van der Waals surface area (Å²) in [6.45, 7) is 4.19. The molecule has 1 unspecified atom stereocenters. The lowest BCUT2D eigenvalue weighted by Gasteiger charge is -2.18. The van der Waals surface area contributed by atoms with Crippen LogP contribution in [0.1, 0.15) is 31.0 Å². The summed E-state index contributed by atoms with van der Waals surface area (Å²) in [5.74, 6) is 0.181. The lowest BCUT2D eigenvalue weighted by atomic mass is 10.0. The number of hydrogen-bond donors (Lipinski definition) is 1. The normalized spacial score (nSPS) is 12.6. The number of nitrogens with zero attached hydrogens (tertiary/aromatic N) is 3. The number of amides is 1. The predicted octanol–water partition coefficient (Wildman–Crippen LogP) is 3.84. The fourth-order valence-corrected chi connectivity index (χ4v) is 2.90. The first-order valence-electron chi connectivity index (χ1n) is 8.13. The molecular weight excluding hydrogens is 474 g/mol. The van der Waals surface area contributed by atoms with Gasteiger partial charge in [-0.15, -0.1) is 22.6 Å². The zero-order chi connectivity index (χ0) is 20.6. The molecule has 1 atom stereocenters. The van der Waals surface area contributed by atoms with E-state index in [9.17, 15) is 9.59 Å². The Bertz CT molecular complexity index is 625. The van der Waals surface area contributed by atoms with Crippen molar-refractivity contribution in [1.82, 2.24) is 20.4 Å². The summed E-state index contributed by atoms with van der Waals surface area (Å²) in [5, 5.41) is 10.4. The number of carbonyl (C=O) groups excluding carboxylic acids is 2. The topological polar surface area (TPSA) is 97.6 Å². The molecule has 1 N–H and O–H groups in total. The second-order valence-corrected chi connectivity index (χ2v) is 9.97. The molecule has 0 aliphatic rings. The Morgan fingerprint density at radius 2 is 1.93 bits per heavy atom. The minimum atomic E-state index is -1.74. The van der Waals surface area contributed by atoms with Crippen LogP contribution in [0.25, 0.3) is 0 Å². The second-order valence-electron chi connectivity index (χ2n) is 6.41. The van der Waals surface area contributed by atoms with Gasteiger partial charge in [0.25, 0.3) is 11.1 Å². The van der Waals surface area contributed by atoms with Crippen LogP contribution in [0.4, 0.5) is 4.79 Å². The molecule has 1 amide bonds. The molecule has 8 nitrogen and oxygen atoms in total. The molecule has 28 heavy (non-hydrogen) atoms. The van der Waals surface area contributed by atoms with Crippen molar-refractivity contribution in [3.05, 3.63) is 5.89 Å². The number of alkyl halides is 3. The molecule has 1 aromatic rings. The van der Waals surface area contributed by atoms with Crippen LogP contribution >= 0.6 is 59.0 Å². The lowest BCUT2D eigenvalue weighted by molar-refractivity contribution is 0.0870. The monoisotopic (exact) mass is 496 g/mol. The Labute approximate surface area is 189 Å². The van der Waals surface area contributed by atoms with Crippen molar-refractivity contribution in [2.24, 2.45) is 5.92 Å². The fourth-order valence-electron chi connectivity index (χ4n) is 1.87. The highest BCUT2D eigenvalue weighted by molar-refractivity contribution is 7.99. The number of ether oxygens (including phenoxy) is 1. The van der Waals surface area contributed by atoms with Gasteiger partial charge in [0.2, 0.25) is 9.58 Å². The van der Waals surface area contributed by atoms with E-state index in [2.05, 4.69) is 15.5 Å². The van der Waals surface area contributed by atoms with E-state index in [1.807, 2.05) is 32.8 Å². The van der Waals surface area contributed by atoms with Gasteiger partial charge in [-0.2, -0.15) is 0 Å². The van der Waals surface area contributed by atoms with Gasteiger partial charge in [-0.1, -0.05) is 60.4 Å². The summed E-state index contributed by atoms with van der Waals surface area (Å²) in [7, 11) is 3.90. The van der Waals surface area contributed by atoms with Crippen LogP contribution < -0.4 is 5.32 Å². The first kappa shape index (κ1) is 27.5. The van der Waals surface area contributed by atoms with E-state index in [0.717, 1.165) is 12.3 Å². The van der Waals surface area contributed by atoms with Crippen LogP contribution in [-0.2, 0) is 4.74 Å². The third-order valence-corrected chi connectivity index (χ3v) is 4.19. The number of nitrogens with one attached hydrogen (secondary N) is 1. The number of hydrogen-bond acceptors (Lipinski definition) is 8. The van der Waals surface area contributed by atoms with Gasteiger partial charge in [-0.25, -0.2) is 4.79 Å². The van der Waals surface area contributed by atoms with E-state index in [4.69, 9.17) is 44.0 Å². The molecule has 0 aromatic carbocycles. The third-order valence-electron chi connectivity index (χ3n) is 3.06. The molecule has 0 aliphatic carbocycles. The quantitative estimate of drug-likeness (QED) is 0.295. The summed E-state index contributed by atoms with van der Waals surface area (Å²) < 4.78 is 8.48. The third kappa shape index (κ3) is 11.5. The van der Waals surface area contributed by atoms with Crippen molar-refractivity contribution in [1.29, 1.82) is 0 Å². The molecule has 0 aliphatic heterocycles. The van der Waals surface area contributed by atoms with Crippen molar-refractivity contribution < 1.29 is 18.7 Å². The van der Waals surface area contributed by atoms with Gasteiger partial charge in [0.1, 0.15) is 12.6 Å². The van der Waals surface area contributed by atoms with Gasteiger partial charge in [0.05, 0.1) is 0 Å². The lowest BCUT2D eigenvalue weighted by Crippen LogP contribution is -2.42. The van der Waals surface area contributed by atoms with Crippen LogP contribution in [0, 0.1) is 5.92 Å². The van der Waals surface area contributed by atoms with Crippen molar-refractivity contribution >= 4 is 70.8 Å². The molecular formula is C15H24Cl4N4O4S. The maximum absolute atomic E-state index is 12.7. The van der Waals surface area contributed by atoms with Gasteiger partial charge >= 0.3 is 6.09 Å². The molecule has 0 radical (unpaired) electrons. The SMILES string of the molecule is CC(C)CC(NC(=O)OCC(Cl)(Cl)Cl)C(=O)c1nnc(SCCN(C)C)o1.Cl. The number of rotatable bonds is 10. The van der Waals surface area contributed by atoms with Crippen LogP contribution in [0.15, 0.2) is 9.64 Å². The van der Waals surface area contributed by atoms with Gasteiger partial charge < -0.3 is 19.4 Å². The standard InChI is InChI=1S/C15H23Cl3N4O4S.ClH/c1-9(2)7-10(19-13(24)25-8-15(16,17)18)11(23)12-20-21-14(26-12)27-6-5-22(3)4;/h9-10H,5-8H2,1-4H3,(H,19,24);1H. The summed E-state index contributed by atoms with van der Waals surface area (Å²) in [4.78, 5) is 26.6. The zero-order valence-electron chi connectivity index (χ0n) is 15.9. The van der Waals surface area contributed by atoms with Crippen molar-refractivity contribution in [3.63, 3.8) is 0 Å². The molecule has 0 spiro atoms. The number of halogens is 4. The molecule has 1 rings (SSSR count). The average molecular weight is 498 g/mol. The summed E-state index contributed by atoms with van der Waals surface area (Å²) in [6, 6.07) is -0.895. The molecule has 0 saturated carbocycles. The van der Waals surface area contributed by atoms with Crippen LogP contribution in [-0.4, -0.2) is 69.8 Å². The minimum Gasteiger partial charge on any atom is -0.445 e. The number of alkyl carbamates (subject to hydrolysis) is 1. The van der Waals surface area contributed by atoms with Gasteiger partial charge in [0, 0.05) is 12.3 Å². The van der Waals surface area contributed by atoms with E-state index in [1.54, 1.807) is 0 Å². The van der Waals surface area contributed by atoms with Crippen molar-refractivity contribution in [3.8, 4) is 0 Å². The number of thioether (sulfide) groups is 1. The van der Waals surface area contributed by atoms with Gasteiger partial charge in [-0.05, 0) is 26.4 Å². The molecule has 1 heterocycles. The molecule has 0 saturated heterocycles. The second kappa shape index (κ2) is 13.0. The molecule has 162 valence electrons. The van der Waals surface area contributed by atoms with E-state index >= 15 is 0 Å². The zero-order valence-corrected chi connectivity index (χ0v) is 19.8. The summed E-state index contributed by atoms with van der Waals surface area (Å²) in [6.07, 6.45) is -0.520. The Kier molecular flexibility index (Phi) is 12.8. The predicted molar refractivity (Wildman–Crippen MR) is 113 cm³/mol. The first-order chi connectivity index (χ1) is 12.5. The Morgan fingerprint density at radius 3 is 2.46 bits per heavy atom. The molecule has 0 bridgehead atoms. The average Bonchev–Trinajstić information content (AvgIpc) is 2.99. The van der Waals surface area contributed by atoms with Crippen molar-refractivity contribution in [2.75, 3.05) is 33.0 Å². The summed E-state index contributed by atoms with van der Waals surface area (Å²) >= 11 is 18.0. The van der Waals surface area contributed by atoms with Crippen molar-refractivity contribution in [2.45, 2.75) is 35.3 Å². The Hall–Kier alpha value is -0.450. The fraction of sp³-hybridized carbons (Fsp3) is 0.733. The Balaban J connectivity index is 0.00000729. The van der Waals surface area contributed by atoms with Gasteiger partial charge in [-0.3, -0.25) is 4.79 Å². The van der Waals surface area contributed by atoms with E-state index < -0.39 is 28.3 Å². The maximum Gasteiger partial charge on any atom is 0.407 e. The highest BCUT2D eigenvalue weighted by Gasteiger charge is 2.29. The number of ketones is 1. The highest BCUT2D eigenvalue weighted by Crippen LogP contribution is 2.26. The molecule has 1 aromatic heterocycles. The van der Waals surface area contributed by atoms with E-state index in [1.165, 1.54) is 11.8 Å². The number of carbonyl (C=O) groups is 2. The minimum absolute atomic E-state index is 0. The largest absolute Gasteiger partial charge is 0.445 e. The summed E-state index contributed by atoms with van der Waals surface area (Å²) in [5.41, 5.74) is 0. The van der Waals surface area contributed by atoms with Crippen LogP contribution in [0.5, 0.6) is 0 Å². The van der Waals surface area contributed by atoms with E-state index in [-0.39, 0.29) is 24.2 Å². The van der Waals surface area contributed by atoms with Gasteiger partial charge in [0.15, 0.2) is 0 Å². The maximum atomic E-state index is 12.7. The first-order valence-corrected chi connectivity index (χ1v) is 10.2. The van der Waals surface area contributed by atoms with E-state index in [0.29, 0.717) is 11.6 Å². The van der Waals surface area contributed by atoms with Crippen LogP contribution in [0.3, 0.4) is 0 Å². The smallest absolute Gasteiger partial charge is 0.407 e. The molecule has 13 heteroatoms. The molecule has 0 fully saturated rings. The number of Topliss-reactive ketones (excluding diaryl/α,β-unsaturated/α-hetero) is 1. The van der Waals surface area contributed by atoms with Crippen LogP contribution in [0.2, 0.25) is 0 Å². The Morgan fingerprint density at radius 1 is 1.29 bits per heavy atom.